The maximum atomic E-state index is 17.2. The van der Waals surface area contributed by atoms with Gasteiger partial charge in [-0.25, -0.2) is 27.8 Å². The normalized spacial score (nSPS) is 14.7. The van der Waals surface area contributed by atoms with Gasteiger partial charge < -0.3 is 29.0 Å². The molecule has 1 aliphatic rings. The van der Waals surface area contributed by atoms with Gasteiger partial charge in [-0.3, -0.25) is 9.69 Å². The lowest BCUT2D eigenvalue weighted by Crippen LogP contribution is -2.50. The van der Waals surface area contributed by atoms with E-state index in [9.17, 15) is 32.7 Å². The molecule has 0 fully saturated rings. The van der Waals surface area contributed by atoms with E-state index in [1.165, 1.54) is 11.0 Å². The summed E-state index contributed by atoms with van der Waals surface area (Å²) in [4.78, 5) is 54.1. The van der Waals surface area contributed by atoms with Crippen molar-refractivity contribution in [2.45, 2.75) is 98.1 Å². The topological polar surface area (TPSA) is 181 Å². The van der Waals surface area contributed by atoms with Crippen LogP contribution < -0.4 is 18.7 Å². The second kappa shape index (κ2) is 17.2. The number of nitrogens with one attached hydrogen (secondary N) is 1. The number of benzene rings is 2. The summed E-state index contributed by atoms with van der Waals surface area (Å²) in [6.07, 6.45) is -2.27. The average molecular weight is 765 g/mol. The molecule has 2 atom stereocenters. The van der Waals surface area contributed by atoms with Crippen molar-refractivity contribution >= 4 is 45.8 Å². The van der Waals surface area contributed by atoms with E-state index >= 15 is 4.39 Å². The molecule has 3 amide bonds. The molecule has 15 nitrogen and oxygen atoms in total. The van der Waals surface area contributed by atoms with Gasteiger partial charge in [0.1, 0.15) is 42.4 Å². The molecule has 53 heavy (non-hydrogen) atoms. The van der Waals surface area contributed by atoms with Crippen LogP contribution in [0.5, 0.6) is 5.75 Å². The van der Waals surface area contributed by atoms with Crippen LogP contribution in [0.25, 0.3) is 0 Å². The number of carbonyl (C=O) groups is 4. The average Bonchev–Trinajstić information content (AvgIpc) is 3.41. The molecule has 0 saturated carbocycles. The first-order valence-electron chi connectivity index (χ1n) is 16.9. The highest BCUT2D eigenvalue weighted by Gasteiger charge is 2.43. The Hall–Kier alpha value is -5.06. The number of anilines is 2. The van der Waals surface area contributed by atoms with E-state index in [4.69, 9.17) is 18.9 Å². The number of nitrogens with zero attached hydrogens (tertiary/aromatic N) is 3. The molecule has 0 radical (unpaired) electrons. The fraction of sp³-hybridized carbons (Fsp3) is 0.500. The minimum atomic E-state index is -5.15. The number of esters is 1. The molecule has 2 N–H and O–H groups in total. The Labute approximate surface area is 309 Å². The summed E-state index contributed by atoms with van der Waals surface area (Å²) in [5.74, 6) is -2.83. The number of hydrogen-bond acceptors (Lipinski definition) is 10. The van der Waals surface area contributed by atoms with E-state index in [2.05, 4.69) is 6.58 Å². The summed E-state index contributed by atoms with van der Waals surface area (Å²) in [5, 5.41) is 10.5. The van der Waals surface area contributed by atoms with Crippen LogP contribution in [0, 0.1) is 5.82 Å². The Morgan fingerprint density at radius 2 is 1.72 bits per heavy atom. The number of halogens is 1. The number of rotatable bonds is 14. The highest BCUT2D eigenvalue weighted by molar-refractivity contribution is 7.91. The van der Waals surface area contributed by atoms with Crippen molar-refractivity contribution in [3.05, 3.63) is 66.0 Å². The first-order chi connectivity index (χ1) is 24.6. The molecule has 0 aliphatic carbocycles. The van der Waals surface area contributed by atoms with E-state index in [0.29, 0.717) is 12.0 Å². The summed E-state index contributed by atoms with van der Waals surface area (Å²) >= 11 is 0. The molecule has 17 heteroatoms. The van der Waals surface area contributed by atoms with Gasteiger partial charge in [-0.05, 0) is 60.5 Å². The Morgan fingerprint density at radius 3 is 2.26 bits per heavy atom. The van der Waals surface area contributed by atoms with Gasteiger partial charge in [0.25, 0.3) is 0 Å². The predicted molar refractivity (Wildman–Crippen MR) is 195 cm³/mol. The smallest absolute Gasteiger partial charge is 0.422 e. The summed E-state index contributed by atoms with van der Waals surface area (Å²) in [6, 6.07) is 8.25. The summed E-state index contributed by atoms with van der Waals surface area (Å²) in [7, 11) is -5.15. The molecular weight excluding hydrogens is 715 g/mol. The zero-order valence-corrected chi connectivity index (χ0v) is 32.1. The van der Waals surface area contributed by atoms with Crippen LogP contribution >= 0.6 is 0 Å². The van der Waals surface area contributed by atoms with Gasteiger partial charge in [-0.1, -0.05) is 49.9 Å². The Kier molecular flexibility index (Phi) is 13.7. The number of ether oxygens (including phenoxy) is 4. The monoisotopic (exact) mass is 764 g/mol. The van der Waals surface area contributed by atoms with Crippen molar-refractivity contribution in [2.24, 2.45) is 0 Å². The lowest BCUT2D eigenvalue weighted by atomic mass is 10.1. The molecule has 1 heterocycles. The number of hydrogen-bond donors (Lipinski definition) is 2. The maximum absolute atomic E-state index is 17.2. The molecule has 292 valence electrons. The number of fused-ring (bicyclic) bond motifs is 1. The van der Waals surface area contributed by atoms with Gasteiger partial charge in [0.15, 0.2) is 5.82 Å². The van der Waals surface area contributed by atoms with Gasteiger partial charge >= 0.3 is 34.5 Å². The number of carbonyl (C=O) groups excluding carboxylic acids is 3. The molecule has 2 aromatic rings. The van der Waals surface area contributed by atoms with E-state index in [1.54, 1.807) is 83.5 Å². The first kappa shape index (κ1) is 42.4. The predicted octanol–water partition coefficient (Wildman–Crippen LogP) is 6.15. The first-order valence-corrected chi connectivity index (χ1v) is 18.4. The summed E-state index contributed by atoms with van der Waals surface area (Å²) < 4.78 is 68.6. The highest BCUT2D eigenvalue weighted by Crippen LogP contribution is 2.45. The molecule has 0 saturated heterocycles. The SMILES string of the molecule is C=CCOC(=O)NS(=O)(=O)N(CC(=O)OC(C)(C)C)c1c(OCc2ccccc2)cc2c(c1F)C[C@H](CN(C(=O)OC(C)(C)C)[C@H](C)CC)N2C(=O)O. The maximum Gasteiger partial charge on any atom is 0.422 e. The number of amides is 3. The van der Waals surface area contributed by atoms with Gasteiger partial charge in [0.05, 0.1) is 11.7 Å². The van der Waals surface area contributed by atoms with Crippen LogP contribution in [0.4, 0.5) is 30.1 Å². The lowest BCUT2D eigenvalue weighted by Gasteiger charge is -2.35. The van der Waals surface area contributed by atoms with Crippen LogP contribution in [0.1, 0.15) is 72.9 Å². The van der Waals surface area contributed by atoms with Crippen molar-refractivity contribution in [1.82, 2.24) is 9.62 Å². The molecule has 0 aromatic heterocycles. The van der Waals surface area contributed by atoms with Gasteiger partial charge in [0, 0.05) is 30.6 Å². The zero-order valence-electron chi connectivity index (χ0n) is 31.3. The van der Waals surface area contributed by atoms with E-state index in [1.807, 2.05) is 6.92 Å². The molecule has 0 spiro atoms. The van der Waals surface area contributed by atoms with Crippen LogP contribution in [-0.4, -0.2) is 85.7 Å². The minimum Gasteiger partial charge on any atom is -0.487 e. The number of carboxylic acid groups (broad SMARTS) is 1. The molecular formula is C36H49FN4O11S. The Morgan fingerprint density at radius 1 is 1.09 bits per heavy atom. The van der Waals surface area contributed by atoms with E-state index in [-0.39, 0.29) is 41.7 Å². The highest BCUT2D eigenvalue weighted by atomic mass is 32.2. The van der Waals surface area contributed by atoms with Crippen molar-refractivity contribution < 1.29 is 56.0 Å². The van der Waals surface area contributed by atoms with Crippen LogP contribution in [0.2, 0.25) is 0 Å². The van der Waals surface area contributed by atoms with Gasteiger partial charge in [-0.2, -0.15) is 8.42 Å². The molecule has 0 bridgehead atoms. The minimum absolute atomic E-state index is 0.173. The Bertz CT molecular complexity index is 1780. The van der Waals surface area contributed by atoms with Crippen molar-refractivity contribution in [3.8, 4) is 5.75 Å². The molecule has 3 rings (SSSR count). The van der Waals surface area contributed by atoms with Crippen LogP contribution in [0.3, 0.4) is 0 Å². The largest absolute Gasteiger partial charge is 0.487 e. The van der Waals surface area contributed by atoms with Gasteiger partial charge in [0.2, 0.25) is 0 Å². The van der Waals surface area contributed by atoms with E-state index < -0.39 is 81.5 Å². The van der Waals surface area contributed by atoms with Crippen molar-refractivity contribution in [1.29, 1.82) is 0 Å². The summed E-state index contributed by atoms with van der Waals surface area (Å²) in [5.41, 5.74) is -2.58. The molecule has 2 aromatic carbocycles. The third-order valence-electron chi connectivity index (χ3n) is 7.73. The fourth-order valence-corrected chi connectivity index (χ4v) is 6.43. The quantitative estimate of drug-likeness (QED) is 0.128. The molecule has 1 aliphatic heterocycles. The van der Waals surface area contributed by atoms with Crippen molar-refractivity contribution in [3.63, 3.8) is 0 Å². The van der Waals surface area contributed by atoms with E-state index in [0.717, 1.165) is 11.0 Å². The van der Waals surface area contributed by atoms with Crippen LogP contribution in [0.15, 0.2) is 49.1 Å². The second-order valence-corrected chi connectivity index (χ2v) is 15.9. The lowest BCUT2D eigenvalue weighted by molar-refractivity contribution is -0.152. The van der Waals surface area contributed by atoms with Crippen LogP contribution in [-0.2, 0) is 42.2 Å². The molecule has 0 unspecified atom stereocenters. The zero-order chi connectivity index (χ0) is 39.9. The Balaban J connectivity index is 2.26. The summed E-state index contributed by atoms with van der Waals surface area (Å²) in [6.45, 7) is 14.7. The van der Waals surface area contributed by atoms with Crippen molar-refractivity contribution in [2.75, 3.05) is 28.9 Å². The standard InChI is InChI=1S/C36H49FN4O11S/c1-10-17-49-32(43)38-53(47,48)40(21-29(42)51-35(4,5)6)31-28(50-22-24-15-13-12-14-16-24)19-27-26(30(31)37)18-25(41(27)33(44)45)20-39(23(3)11-2)34(46)52-36(7,8)9/h10,12-16,19,23,25H,1,11,17-18,20-22H2,2-9H3,(H,38,43)(H,44,45)/t23-,25-/m1/s1. The van der Waals surface area contributed by atoms with Gasteiger partial charge in [-0.15, -0.1) is 0 Å². The fourth-order valence-electron chi connectivity index (χ4n) is 5.36. The third-order valence-corrected chi connectivity index (χ3v) is 9.04. The second-order valence-electron chi connectivity index (χ2n) is 14.3. The third kappa shape index (κ3) is 11.5.